The number of methoxy groups -OCH3 is 1. The summed E-state index contributed by atoms with van der Waals surface area (Å²) in [5.74, 6) is -0.709. The van der Waals surface area contributed by atoms with Gasteiger partial charge >= 0.3 is 12.0 Å². The molecule has 1 rings (SSSR count). The van der Waals surface area contributed by atoms with Crippen molar-refractivity contribution in [1.82, 2.24) is 9.97 Å². The van der Waals surface area contributed by atoms with Crippen LogP contribution in [0, 0.1) is 0 Å². The average Bonchev–Trinajstić information content (AvgIpc) is 2.27. The lowest BCUT2D eigenvalue weighted by Gasteiger charge is -2.13. The van der Waals surface area contributed by atoms with E-state index in [1.807, 2.05) is 0 Å². The highest BCUT2D eigenvalue weighted by Gasteiger charge is 2.17. The molecule has 0 amide bonds. The molecule has 0 radical (unpaired) electrons. The number of aliphatic carboxylic acids is 1. The number of aromatic nitrogens is 2. The van der Waals surface area contributed by atoms with E-state index < -0.39 is 12.0 Å². The molecule has 0 aliphatic rings. The first-order valence-corrected chi connectivity index (χ1v) is 5.02. The number of carboxylic acid groups (broad SMARTS) is 1. The van der Waals surface area contributed by atoms with E-state index in [4.69, 9.17) is 21.4 Å². The molecule has 2 N–H and O–H groups in total. The van der Waals surface area contributed by atoms with Gasteiger partial charge < -0.3 is 15.2 Å². The third kappa shape index (κ3) is 2.96. The Morgan fingerprint density at radius 2 is 2.44 bits per heavy atom. The highest BCUT2D eigenvalue weighted by Crippen LogP contribution is 2.21. The molecule has 88 valence electrons. The predicted octanol–water partition coefficient (Wildman–Crippen LogP) is 1.41. The second-order valence-electron chi connectivity index (χ2n) is 3.00. The van der Waals surface area contributed by atoms with E-state index in [1.165, 1.54) is 13.3 Å². The molecule has 1 aromatic rings. The second-order valence-corrected chi connectivity index (χ2v) is 3.40. The van der Waals surface area contributed by atoms with E-state index in [9.17, 15) is 4.79 Å². The lowest BCUT2D eigenvalue weighted by molar-refractivity contribution is -0.137. The minimum atomic E-state index is -0.962. The van der Waals surface area contributed by atoms with Gasteiger partial charge in [0, 0.05) is 0 Å². The Morgan fingerprint density at radius 3 is 2.94 bits per heavy atom. The fourth-order valence-corrected chi connectivity index (χ4v) is 1.20. The number of carbonyl (C=O) groups is 1. The zero-order chi connectivity index (χ0) is 12.1. The maximum absolute atomic E-state index is 10.8. The predicted molar refractivity (Wildman–Crippen MR) is 58.9 cm³/mol. The summed E-state index contributed by atoms with van der Waals surface area (Å²) in [5.41, 5.74) is 0. The smallest absolute Gasteiger partial charge is 0.326 e. The minimum absolute atomic E-state index is 0.132. The van der Waals surface area contributed by atoms with Crippen LogP contribution in [0.15, 0.2) is 6.20 Å². The summed E-state index contributed by atoms with van der Waals surface area (Å²) < 4.78 is 4.82. The van der Waals surface area contributed by atoms with Crippen molar-refractivity contribution in [2.24, 2.45) is 0 Å². The van der Waals surface area contributed by atoms with Crippen molar-refractivity contribution in [2.75, 3.05) is 12.4 Å². The Balaban J connectivity index is 2.90. The number of anilines is 1. The molecule has 6 nitrogen and oxygen atoms in total. The molecule has 1 unspecified atom stereocenters. The number of halogens is 1. The van der Waals surface area contributed by atoms with Gasteiger partial charge in [0.1, 0.15) is 11.1 Å². The molecule has 16 heavy (non-hydrogen) atoms. The Hall–Kier alpha value is -1.56. The molecule has 0 saturated heterocycles. The van der Waals surface area contributed by atoms with Crippen LogP contribution in [0.4, 0.5) is 5.82 Å². The van der Waals surface area contributed by atoms with Crippen molar-refractivity contribution in [3.8, 4) is 6.01 Å². The van der Waals surface area contributed by atoms with Gasteiger partial charge in [0.25, 0.3) is 0 Å². The Morgan fingerprint density at radius 1 is 1.75 bits per heavy atom. The highest BCUT2D eigenvalue weighted by atomic mass is 35.5. The van der Waals surface area contributed by atoms with Gasteiger partial charge in [-0.1, -0.05) is 18.5 Å². The summed E-state index contributed by atoms with van der Waals surface area (Å²) in [5, 5.41) is 11.8. The zero-order valence-electron chi connectivity index (χ0n) is 8.90. The average molecular weight is 246 g/mol. The molecule has 0 saturated carbocycles. The second kappa shape index (κ2) is 5.50. The molecule has 0 fully saturated rings. The molecular formula is C9H12ClN3O3. The summed E-state index contributed by atoms with van der Waals surface area (Å²) in [6.45, 7) is 1.75. The summed E-state index contributed by atoms with van der Waals surface area (Å²) in [6, 6.07) is -0.607. The number of rotatable bonds is 5. The molecule has 0 spiro atoms. The van der Waals surface area contributed by atoms with Crippen molar-refractivity contribution >= 4 is 23.4 Å². The number of hydrogen-bond donors (Lipinski definition) is 2. The number of hydrogen-bond acceptors (Lipinski definition) is 5. The van der Waals surface area contributed by atoms with Crippen LogP contribution in [0.3, 0.4) is 0 Å². The first-order chi connectivity index (χ1) is 7.58. The fourth-order valence-electron chi connectivity index (χ4n) is 1.05. The van der Waals surface area contributed by atoms with E-state index in [1.54, 1.807) is 6.92 Å². The van der Waals surface area contributed by atoms with Gasteiger partial charge in [-0.05, 0) is 6.42 Å². The SMILES string of the molecule is CCC(Nc1nc(OC)ncc1Cl)C(=O)O. The van der Waals surface area contributed by atoms with Gasteiger partial charge in [-0.3, -0.25) is 0 Å². The van der Waals surface area contributed by atoms with Crippen LogP contribution in [0.5, 0.6) is 6.01 Å². The van der Waals surface area contributed by atoms with Crippen molar-refractivity contribution in [3.05, 3.63) is 11.2 Å². The lowest BCUT2D eigenvalue weighted by Crippen LogP contribution is -2.28. The number of nitrogens with zero attached hydrogens (tertiary/aromatic N) is 2. The maximum atomic E-state index is 10.8. The van der Waals surface area contributed by atoms with E-state index in [2.05, 4.69) is 15.3 Å². The molecule has 0 aromatic carbocycles. The summed E-state index contributed by atoms with van der Waals surface area (Å²) in [7, 11) is 1.42. The maximum Gasteiger partial charge on any atom is 0.326 e. The van der Waals surface area contributed by atoms with E-state index in [-0.39, 0.29) is 16.9 Å². The van der Waals surface area contributed by atoms with Gasteiger partial charge in [-0.15, -0.1) is 0 Å². The quantitative estimate of drug-likeness (QED) is 0.816. The molecule has 0 bridgehead atoms. The van der Waals surface area contributed by atoms with E-state index in [0.29, 0.717) is 6.42 Å². The normalized spacial score (nSPS) is 11.9. The molecule has 1 aromatic heterocycles. The van der Waals surface area contributed by atoms with Crippen molar-refractivity contribution < 1.29 is 14.6 Å². The molecule has 0 aliphatic carbocycles. The molecule has 7 heteroatoms. The Kier molecular flexibility index (Phi) is 4.30. The lowest BCUT2D eigenvalue weighted by atomic mass is 10.2. The number of ether oxygens (including phenoxy) is 1. The fraction of sp³-hybridized carbons (Fsp3) is 0.444. The van der Waals surface area contributed by atoms with Gasteiger partial charge in [-0.25, -0.2) is 9.78 Å². The van der Waals surface area contributed by atoms with Crippen LogP contribution >= 0.6 is 11.6 Å². The van der Waals surface area contributed by atoms with Gasteiger partial charge in [0.2, 0.25) is 0 Å². The standard InChI is InChI=1S/C9H12ClN3O3/c1-3-6(8(14)15)12-7-5(10)4-11-9(13-7)16-2/h4,6H,3H2,1-2H3,(H,14,15)(H,11,12,13). The van der Waals surface area contributed by atoms with Gasteiger partial charge in [0.05, 0.1) is 13.3 Å². The zero-order valence-corrected chi connectivity index (χ0v) is 9.65. The van der Waals surface area contributed by atoms with E-state index >= 15 is 0 Å². The molecule has 1 atom stereocenters. The van der Waals surface area contributed by atoms with Gasteiger partial charge in [0.15, 0.2) is 5.82 Å². The Labute approximate surface area is 97.6 Å². The third-order valence-corrected chi connectivity index (χ3v) is 2.20. The van der Waals surface area contributed by atoms with Crippen LogP contribution in [0.25, 0.3) is 0 Å². The Bertz CT molecular complexity index is 386. The molecular weight excluding hydrogens is 234 g/mol. The van der Waals surface area contributed by atoms with Crippen LogP contribution in [0.1, 0.15) is 13.3 Å². The number of carboxylic acids is 1. The first-order valence-electron chi connectivity index (χ1n) is 4.64. The van der Waals surface area contributed by atoms with Crippen molar-refractivity contribution in [1.29, 1.82) is 0 Å². The number of nitrogens with one attached hydrogen (secondary N) is 1. The highest BCUT2D eigenvalue weighted by molar-refractivity contribution is 6.32. The monoisotopic (exact) mass is 245 g/mol. The third-order valence-electron chi connectivity index (χ3n) is 1.92. The largest absolute Gasteiger partial charge is 0.480 e. The summed E-state index contributed by atoms with van der Waals surface area (Å²) in [4.78, 5) is 18.5. The molecule has 1 heterocycles. The topological polar surface area (TPSA) is 84.3 Å². The summed E-state index contributed by atoms with van der Waals surface area (Å²) >= 11 is 5.82. The molecule has 0 aliphatic heterocycles. The minimum Gasteiger partial charge on any atom is -0.480 e. The van der Waals surface area contributed by atoms with Crippen molar-refractivity contribution in [2.45, 2.75) is 19.4 Å². The van der Waals surface area contributed by atoms with Crippen LogP contribution in [-0.2, 0) is 4.79 Å². The van der Waals surface area contributed by atoms with Crippen molar-refractivity contribution in [3.63, 3.8) is 0 Å². The van der Waals surface area contributed by atoms with E-state index in [0.717, 1.165) is 0 Å². The summed E-state index contributed by atoms with van der Waals surface area (Å²) in [6.07, 6.45) is 1.77. The van der Waals surface area contributed by atoms with Crippen LogP contribution < -0.4 is 10.1 Å². The van der Waals surface area contributed by atoms with Crippen LogP contribution in [0.2, 0.25) is 5.02 Å². The van der Waals surface area contributed by atoms with Gasteiger partial charge in [-0.2, -0.15) is 4.98 Å². The first kappa shape index (κ1) is 12.5. The van der Waals surface area contributed by atoms with Crippen LogP contribution in [-0.4, -0.2) is 34.2 Å².